The summed E-state index contributed by atoms with van der Waals surface area (Å²) in [5, 5.41) is 14.6. The number of rotatable bonds is 9. The summed E-state index contributed by atoms with van der Waals surface area (Å²) in [6, 6.07) is 8.24. The largest absolute Gasteiger partial charge is 0.480 e. The molecule has 1 fully saturated rings. The molecular formula is C20H28N2O5S. The zero-order chi connectivity index (χ0) is 20.2. The van der Waals surface area contributed by atoms with Crippen molar-refractivity contribution in [3.05, 3.63) is 35.9 Å². The smallest absolute Gasteiger partial charge is 0.408 e. The molecule has 1 aliphatic carbocycles. The van der Waals surface area contributed by atoms with Gasteiger partial charge in [0.05, 0.1) is 5.75 Å². The number of alkyl carbamates (subject to hydrolysis) is 1. The first-order chi connectivity index (χ1) is 13.5. The average molecular weight is 409 g/mol. The summed E-state index contributed by atoms with van der Waals surface area (Å²) >= 11 is 1.18. The lowest BCUT2D eigenvalue weighted by Crippen LogP contribution is -2.43. The van der Waals surface area contributed by atoms with Crippen LogP contribution in [0.15, 0.2) is 30.3 Å². The maximum Gasteiger partial charge on any atom is 0.408 e. The molecule has 3 N–H and O–H groups in total. The van der Waals surface area contributed by atoms with Gasteiger partial charge in [0.25, 0.3) is 0 Å². The van der Waals surface area contributed by atoms with Gasteiger partial charge in [-0.3, -0.25) is 4.79 Å². The molecule has 8 heteroatoms. The summed E-state index contributed by atoms with van der Waals surface area (Å²) in [5.74, 6) is -0.990. The van der Waals surface area contributed by atoms with Crippen LogP contribution in [0.2, 0.25) is 0 Å². The van der Waals surface area contributed by atoms with E-state index in [4.69, 9.17) is 4.74 Å². The van der Waals surface area contributed by atoms with Crippen molar-refractivity contribution in [1.29, 1.82) is 0 Å². The molecule has 1 aromatic rings. The highest BCUT2D eigenvalue weighted by Crippen LogP contribution is 2.17. The SMILES string of the molecule is O=C(CSCC(NC(=O)OCc1ccccc1)C(=O)O)NC1CCCCCC1. The molecule has 28 heavy (non-hydrogen) atoms. The highest BCUT2D eigenvalue weighted by molar-refractivity contribution is 8.00. The Morgan fingerprint density at radius 3 is 2.43 bits per heavy atom. The van der Waals surface area contributed by atoms with Crippen molar-refractivity contribution < 1.29 is 24.2 Å². The number of thioether (sulfide) groups is 1. The number of amides is 2. The minimum absolute atomic E-state index is 0.0654. The van der Waals surface area contributed by atoms with Crippen LogP contribution in [0.25, 0.3) is 0 Å². The summed E-state index contributed by atoms with van der Waals surface area (Å²) < 4.78 is 5.05. The Labute approximate surface area is 169 Å². The van der Waals surface area contributed by atoms with Gasteiger partial charge in [-0.25, -0.2) is 9.59 Å². The highest BCUT2D eigenvalue weighted by atomic mass is 32.2. The molecule has 2 amide bonds. The number of carbonyl (C=O) groups is 3. The van der Waals surface area contributed by atoms with Crippen molar-refractivity contribution in [2.24, 2.45) is 0 Å². The number of aliphatic carboxylic acids is 1. The first kappa shape index (κ1) is 22.1. The van der Waals surface area contributed by atoms with E-state index in [-0.39, 0.29) is 30.1 Å². The first-order valence-electron chi connectivity index (χ1n) is 9.61. The second-order valence-electron chi connectivity index (χ2n) is 6.87. The zero-order valence-electron chi connectivity index (χ0n) is 15.9. The first-order valence-corrected chi connectivity index (χ1v) is 10.8. The molecule has 0 bridgehead atoms. The summed E-state index contributed by atoms with van der Waals surface area (Å²) in [6.45, 7) is 0.0654. The second-order valence-corrected chi connectivity index (χ2v) is 7.90. The molecule has 2 rings (SSSR count). The Kier molecular flexibility index (Phi) is 9.68. The van der Waals surface area contributed by atoms with E-state index >= 15 is 0 Å². The van der Waals surface area contributed by atoms with Crippen LogP contribution in [-0.4, -0.2) is 46.7 Å². The van der Waals surface area contributed by atoms with Gasteiger partial charge < -0.3 is 20.5 Å². The number of carboxylic acids is 1. The molecule has 154 valence electrons. The number of carbonyl (C=O) groups excluding carboxylic acids is 2. The molecule has 0 radical (unpaired) electrons. The molecule has 7 nitrogen and oxygen atoms in total. The van der Waals surface area contributed by atoms with Gasteiger partial charge in [0.15, 0.2) is 0 Å². The quantitative estimate of drug-likeness (QED) is 0.543. The van der Waals surface area contributed by atoms with Crippen LogP contribution in [0, 0.1) is 0 Å². The Hall–Kier alpha value is -2.22. The van der Waals surface area contributed by atoms with E-state index in [1.807, 2.05) is 30.3 Å². The van der Waals surface area contributed by atoms with E-state index in [0.29, 0.717) is 0 Å². The van der Waals surface area contributed by atoms with Gasteiger partial charge in [0.1, 0.15) is 12.6 Å². The van der Waals surface area contributed by atoms with Gasteiger partial charge >= 0.3 is 12.1 Å². The molecule has 0 aliphatic heterocycles. The number of carboxylic acid groups (broad SMARTS) is 1. The van der Waals surface area contributed by atoms with Crippen molar-refractivity contribution in [1.82, 2.24) is 10.6 Å². The third-order valence-corrected chi connectivity index (χ3v) is 5.58. The number of hydrogen-bond donors (Lipinski definition) is 3. The van der Waals surface area contributed by atoms with Gasteiger partial charge in [0.2, 0.25) is 5.91 Å². The molecule has 1 unspecified atom stereocenters. The Morgan fingerprint density at radius 1 is 1.11 bits per heavy atom. The molecular weight excluding hydrogens is 380 g/mol. The van der Waals surface area contributed by atoms with Crippen LogP contribution >= 0.6 is 11.8 Å². The summed E-state index contributed by atoms with van der Waals surface area (Å²) in [4.78, 5) is 35.3. The zero-order valence-corrected chi connectivity index (χ0v) is 16.7. The topological polar surface area (TPSA) is 105 Å². The fraction of sp³-hybridized carbons (Fsp3) is 0.550. The van der Waals surface area contributed by atoms with E-state index in [1.54, 1.807) is 0 Å². The fourth-order valence-corrected chi connectivity index (χ4v) is 3.89. The van der Waals surface area contributed by atoms with Crippen molar-refractivity contribution >= 4 is 29.7 Å². The molecule has 0 heterocycles. The normalized spacial score (nSPS) is 15.9. The van der Waals surface area contributed by atoms with Gasteiger partial charge in [-0.1, -0.05) is 56.0 Å². The Balaban J connectivity index is 1.67. The molecule has 1 atom stereocenters. The molecule has 0 aromatic heterocycles. The summed E-state index contributed by atoms with van der Waals surface area (Å²) in [5.41, 5.74) is 0.814. The van der Waals surface area contributed by atoms with Crippen LogP contribution in [-0.2, 0) is 20.9 Å². The summed E-state index contributed by atoms with van der Waals surface area (Å²) in [6.07, 6.45) is 5.91. The molecule has 0 saturated heterocycles. The second kappa shape index (κ2) is 12.3. The van der Waals surface area contributed by atoms with Crippen molar-refractivity contribution in [2.75, 3.05) is 11.5 Å². The van der Waals surface area contributed by atoms with Crippen LogP contribution in [0.3, 0.4) is 0 Å². The maximum absolute atomic E-state index is 12.1. The third-order valence-electron chi connectivity index (χ3n) is 4.54. The van der Waals surface area contributed by atoms with Gasteiger partial charge in [-0.2, -0.15) is 0 Å². The van der Waals surface area contributed by atoms with Crippen molar-refractivity contribution in [3.8, 4) is 0 Å². The van der Waals surface area contributed by atoms with Crippen molar-refractivity contribution in [3.63, 3.8) is 0 Å². The lowest BCUT2D eigenvalue weighted by molar-refractivity contribution is -0.138. The lowest BCUT2D eigenvalue weighted by Gasteiger charge is -2.17. The van der Waals surface area contributed by atoms with E-state index < -0.39 is 18.1 Å². The maximum atomic E-state index is 12.1. The average Bonchev–Trinajstić information content (AvgIpc) is 2.95. The van der Waals surface area contributed by atoms with E-state index in [9.17, 15) is 19.5 Å². The van der Waals surface area contributed by atoms with Gasteiger partial charge in [0, 0.05) is 11.8 Å². The van der Waals surface area contributed by atoms with Crippen LogP contribution in [0.4, 0.5) is 4.79 Å². The van der Waals surface area contributed by atoms with E-state index in [1.165, 1.54) is 24.6 Å². The van der Waals surface area contributed by atoms with Crippen molar-refractivity contribution in [2.45, 2.75) is 57.2 Å². The molecule has 0 spiro atoms. The predicted octanol–water partition coefficient (Wildman–Crippen LogP) is 2.94. The molecule has 1 aliphatic rings. The molecule has 1 aromatic carbocycles. The molecule has 1 saturated carbocycles. The van der Waals surface area contributed by atoms with Crippen LogP contribution < -0.4 is 10.6 Å². The van der Waals surface area contributed by atoms with Crippen LogP contribution in [0.5, 0.6) is 0 Å². The van der Waals surface area contributed by atoms with Crippen LogP contribution in [0.1, 0.15) is 44.1 Å². The number of nitrogens with one attached hydrogen (secondary N) is 2. The minimum atomic E-state index is -1.16. The lowest BCUT2D eigenvalue weighted by atomic mass is 10.1. The monoisotopic (exact) mass is 408 g/mol. The third kappa shape index (κ3) is 8.65. The summed E-state index contributed by atoms with van der Waals surface area (Å²) in [7, 11) is 0. The Bertz CT molecular complexity index is 633. The highest BCUT2D eigenvalue weighted by Gasteiger charge is 2.22. The number of benzene rings is 1. The minimum Gasteiger partial charge on any atom is -0.480 e. The fourth-order valence-electron chi connectivity index (χ4n) is 3.04. The number of ether oxygens (including phenoxy) is 1. The number of hydrogen-bond acceptors (Lipinski definition) is 5. The van der Waals surface area contributed by atoms with E-state index in [0.717, 1.165) is 31.2 Å². The standard InChI is InChI=1S/C20H28N2O5S/c23-18(21-16-10-6-1-2-7-11-16)14-28-13-17(19(24)25)22-20(26)27-12-15-8-4-3-5-9-15/h3-5,8-9,16-17H,1-2,6-7,10-14H2,(H,21,23)(H,22,26)(H,24,25). The Morgan fingerprint density at radius 2 is 1.79 bits per heavy atom. The van der Waals surface area contributed by atoms with Gasteiger partial charge in [-0.05, 0) is 18.4 Å². The van der Waals surface area contributed by atoms with E-state index in [2.05, 4.69) is 10.6 Å². The van der Waals surface area contributed by atoms with Gasteiger partial charge in [-0.15, -0.1) is 11.8 Å². The predicted molar refractivity (Wildman–Crippen MR) is 108 cm³/mol.